The van der Waals surface area contributed by atoms with Crippen molar-refractivity contribution >= 4 is 39.2 Å². The van der Waals surface area contributed by atoms with E-state index in [2.05, 4.69) is 31.4 Å². The van der Waals surface area contributed by atoms with Gasteiger partial charge in [0.15, 0.2) is 0 Å². The number of aromatic nitrogens is 2. The Labute approximate surface area is 275 Å². The maximum absolute atomic E-state index is 13.7. The molecule has 2 aliphatic heterocycles. The van der Waals surface area contributed by atoms with Crippen LogP contribution in [-0.2, 0) is 21.9 Å². The van der Waals surface area contributed by atoms with Crippen molar-refractivity contribution in [3.63, 3.8) is 0 Å². The molecule has 2 amide bonds. The maximum Gasteiger partial charge on any atom is 0.324 e. The molecule has 0 aliphatic carbocycles. The number of carbonyl (C=O) groups excluding carboxylic acids is 1. The van der Waals surface area contributed by atoms with Crippen molar-refractivity contribution in [3.8, 4) is 5.69 Å². The first-order chi connectivity index (χ1) is 21.8. The Balaban J connectivity index is 1.12. The fourth-order valence-corrected chi connectivity index (χ4v) is 8.84. The van der Waals surface area contributed by atoms with Crippen molar-refractivity contribution in [3.05, 3.63) is 100 Å². The molecule has 2 atom stereocenters. The molecule has 2 unspecified atom stereocenters. The van der Waals surface area contributed by atoms with Crippen LogP contribution in [0.1, 0.15) is 63.3 Å². The van der Waals surface area contributed by atoms with Crippen LogP contribution < -0.4 is 10.6 Å². The Bertz CT molecular complexity index is 1860. The van der Waals surface area contributed by atoms with Crippen molar-refractivity contribution in [2.75, 3.05) is 10.6 Å². The summed E-state index contributed by atoms with van der Waals surface area (Å²) in [6.45, 7) is 8.28. The van der Waals surface area contributed by atoms with Gasteiger partial charge in [0, 0.05) is 29.3 Å². The molecule has 3 aromatic carbocycles. The zero-order chi connectivity index (χ0) is 32.8. The number of hydrogen-bond donors (Lipinski definition) is 2. The molecule has 6 rings (SSSR count). The Morgan fingerprint density at radius 3 is 2.33 bits per heavy atom. The van der Waals surface area contributed by atoms with E-state index in [0.29, 0.717) is 17.4 Å². The van der Waals surface area contributed by atoms with Crippen molar-refractivity contribution in [2.24, 2.45) is 5.92 Å². The first-order valence-corrected chi connectivity index (χ1v) is 17.4. The smallest absolute Gasteiger partial charge is 0.308 e. The van der Waals surface area contributed by atoms with Gasteiger partial charge in [-0.2, -0.15) is 9.40 Å². The van der Waals surface area contributed by atoms with Gasteiger partial charge >= 0.3 is 6.03 Å². The topological polar surface area (TPSA) is 96.3 Å². The van der Waals surface area contributed by atoms with Gasteiger partial charge in [0.25, 0.3) is 0 Å². The molecule has 11 heteroatoms. The normalized spacial score (nSPS) is 20.1. The van der Waals surface area contributed by atoms with Gasteiger partial charge < -0.3 is 5.32 Å². The lowest BCUT2D eigenvalue weighted by atomic mass is 9.87. The standard InChI is InChI=1S/C35H39ClFN5O3S/c1-22-8-10-26(11-9-22)41-33(21-32(40-41)35(2,3)4)39-34(43)38-25-7-5-6-23(17-25)16-24-18-27-12-13-28(19-24)42(27)46(44,45)29-14-15-31(37)30(36)20-29/h5-11,14-15,17,20-21,24,27-28H,12-13,16,18-19H2,1-4H3,(H2,38,39,43). The molecule has 0 spiro atoms. The average Bonchev–Trinajstić information content (AvgIpc) is 3.54. The minimum atomic E-state index is -3.79. The summed E-state index contributed by atoms with van der Waals surface area (Å²) in [5, 5.41) is 10.6. The number of benzene rings is 3. The van der Waals surface area contributed by atoms with Crippen LogP contribution in [0, 0.1) is 18.7 Å². The van der Waals surface area contributed by atoms with Crippen LogP contribution in [0.15, 0.2) is 77.7 Å². The summed E-state index contributed by atoms with van der Waals surface area (Å²) >= 11 is 5.91. The zero-order valence-corrected chi connectivity index (χ0v) is 28.0. The van der Waals surface area contributed by atoms with Gasteiger partial charge in [0.1, 0.15) is 11.6 Å². The molecule has 3 heterocycles. The van der Waals surface area contributed by atoms with Crippen LogP contribution in [-0.4, -0.2) is 40.6 Å². The lowest BCUT2D eigenvalue weighted by molar-refractivity contribution is 0.190. The molecular formula is C35H39ClFN5O3S. The van der Waals surface area contributed by atoms with E-state index >= 15 is 0 Å². The minimum Gasteiger partial charge on any atom is -0.308 e. The Morgan fingerprint density at radius 1 is 0.978 bits per heavy atom. The SMILES string of the molecule is Cc1ccc(-n2nc(C(C)(C)C)cc2NC(=O)Nc2cccc(CC3CC4CCC(C3)N4S(=O)(=O)c3ccc(F)c(Cl)c3)c2)cc1. The molecule has 0 radical (unpaired) electrons. The van der Waals surface area contributed by atoms with Crippen molar-refractivity contribution < 1.29 is 17.6 Å². The number of aryl methyl sites for hydroxylation is 1. The van der Waals surface area contributed by atoms with Gasteiger partial charge in [-0.05, 0) is 93.0 Å². The number of sulfonamides is 1. The van der Waals surface area contributed by atoms with Gasteiger partial charge in [0.05, 0.1) is 21.3 Å². The largest absolute Gasteiger partial charge is 0.324 e. The van der Waals surface area contributed by atoms with E-state index in [1.54, 1.807) is 8.99 Å². The van der Waals surface area contributed by atoms with Crippen LogP contribution in [0.5, 0.6) is 0 Å². The van der Waals surface area contributed by atoms with Crippen molar-refractivity contribution in [2.45, 2.75) is 82.2 Å². The predicted octanol–water partition coefficient (Wildman–Crippen LogP) is 8.09. The molecule has 2 N–H and O–H groups in total. The molecule has 1 aromatic heterocycles. The van der Waals surface area contributed by atoms with Gasteiger partial charge in [-0.3, -0.25) is 5.32 Å². The molecule has 2 saturated heterocycles. The molecule has 46 heavy (non-hydrogen) atoms. The second kappa shape index (κ2) is 12.5. The van der Waals surface area contributed by atoms with Crippen LogP contribution in [0.4, 0.5) is 20.7 Å². The van der Waals surface area contributed by atoms with E-state index in [4.69, 9.17) is 16.7 Å². The van der Waals surface area contributed by atoms with Crippen LogP contribution in [0.25, 0.3) is 5.69 Å². The number of halogens is 2. The number of nitrogens with one attached hydrogen (secondary N) is 2. The molecule has 0 saturated carbocycles. The third-order valence-corrected chi connectivity index (χ3v) is 11.2. The number of rotatable bonds is 7. The lowest BCUT2D eigenvalue weighted by Crippen LogP contribution is -2.46. The Kier molecular flexibility index (Phi) is 8.73. The number of amides is 2. The summed E-state index contributed by atoms with van der Waals surface area (Å²) in [5.74, 6) is 0.229. The third-order valence-electron chi connectivity index (χ3n) is 8.94. The summed E-state index contributed by atoms with van der Waals surface area (Å²) < 4.78 is 44.1. The highest BCUT2D eigenvalue weighted by Gasteiger charge is 2.47. The first-order valence-electron chi connectivity index (χ1n) is 15.6. The fourth-order valence-electron chi connectivity index (χ4n) is 6.67. The van der Waals surface area contributed by atoms with E-state index in [9.17, 15) is 17.6 Å². The maximum atomic E-state index is 13.7. The summed E-state index contributed by atoms with van der Waals surface area (Å²) in [4.78, 5) is 13.2. The average molecular weight is 664 g/mol. The molecule has 4 aromatic rings. The van der Waals surface area contributed by atoms with Crippen molar-refractivity contribution in [1.82, 2.24) is 14.1 Å². The highest BCUT2D eigenvalue weighted by molar-refractivity contribution is 7.89. The number of carbonyl (C=O) groups is 1. The number of hydrogen-bond acceptors (Lipinski definition) is 4. The summed E-state index contributed by atoms with van der Waals surface area (Å²) in [6.07, 6.45) is 3.85. The van der Waals surface area contributed by atoms with Gasteiger partial charge in [-0.1, -0.05) is 62.2 Å². The molecule has 242 valence electrons. The summed E-state index contributed by atoms with van der Waals surface area (Å²) in [6, 6.07) is 20.7. The molecular weight excluding hydrogens is 625 g/mol. The second-order valence-electron chi connectivity index (χ2n) is 13.5. The Hall–Kier alpha value is -3.73. The summed E-state index contributed by atoms with van der Waals surface area (Å²) in [5.41, 5.74) is 4.39. The fraction of sp³-hybridized carbons (Fsp3) is 0.371. The molecule has 2 bridgehead atoms. The van der Waals surface area contributed by atoms with Gasteiger partial charge in [0.2, 0.25) is 10.0 Å². The summed E-state index contributed by atoms with van der Waals surface area (Å²) in [7, 11) is -3.79. The van der Waals surface area contributed by atoms with Crippen LogP contribution >= 0.6 is 11.6 Å². The number of anilines is 2. The molecule has 2 fully saturated rings. The Morgan fingerprint density at radius 2 is 1.67 bits per heavy atom. The monoisotopic (exact) mass is 663 g/mol. The number of piperidine rings is 1. The van der Waals surface area contributed by atoms with E-state index < -0.39 is 15.8 Å². The predicted molar refractivity (Wildman–Crippen MR) is 180 cm³/mol. The minimum absolute atomic E-state index is 0.0304. The quantitative estimate of drug-likeness (QED) is 0.209. The highest BCUT2D eigenvalue weighted by Crippen LogP contribution is 2.43. The first kappa shape index (κ1) is 32.2. The van der Waals surface area contributed by atoms with E-state index in [-0.39, 0.29) is 33.4 Å². The van der Waals surface area contributed by atoms with E-state index in [0.717, 1.165) is 60.7 Å². The van der Waals surface area contributed by atoms with Crippen LogP contribution in [0.2, 0.25) is 5.02 Å². The number of nitrogens with zero attached hydrogens (tertiary/aromatic N) is 3. The second-order valence-corrected chi connectivity index (χ2v) is 15.8. The number of fused-ring (bicyclic) bond motifs is 2. The van der Waals surface area contributed by atoms with E-state index in [1.807, 2.05) is 61.5 Å². The molecule has 2 aliphatic rings. The van der Waals surface area contributed by atoms with Crippen molar-refractivity contribution in [1.29, 1.82) is 0 Å². The third kappa shape index (κ3) is 6.70. The highest BCUT2D eigenvalue weighted by atomic mass is 35.5. The van der Waals surface area contributed by atoms with Crippen LogP contribution in [0.3, 0.4) is 0 Å². The van der Waals surface area contributed by atoms with Gasteiger partial charge in [-0.15, -0.1) is 0 Å². The lowest BCUT2D eigenvalue weighted by Gasteiger charge is -2.38. The van der Waals surface area contributed by atoms with E-state index in [1.165, 1.54) is 12.1 Å². The molecule has 8 nitrogen and oxygen atoms in total. The number of urea groups is 1. The van der Waals surface area contributed by atoms with Gasteiger partial charge in [-0.25, -0.2) is 22.3 Å². The zero-order valence-electron chi connectivity index (χ0n) is 26.4.